The van der Waals surface area contributed by atoms with Gasteiger partial charge in [0.2, 0.25) is 0 Å². The van der Waals surface area contributed by atoms with Gasteiger partial charge < -0.3 is 14.6 Å². The molecule has 0 aromatic heterocycles. The van der Waals surface area contributed by atoms with Crippen LogP contribution in [0.5, 0.6) is 0 Å². The van der Waals surface area contributed by atoms with Crippen LogP contribution >= 0.6 is 0 Å². The molecule has 0 unspecified atom stereocenters. The van der Waals surface area contributed by atoms with Gasteiger partial charge in [-0.2, -0.15) is 0 Å². The van der Waals surface area contributed by atoms with E-state index in [9.17, 15) is 9.90 Å². The smallest absolute Gasteiger partial charge is 0.309 e. The summed E-state index contributed by atoms with van der Waals surface area (Å²) in [4.78, 5) is 11.3. The fourth-order valence-corrected chi connectivity index (χ4v) is 4.00. The highest BCUT2D eigenvalue weighted by Gasteiger charge is 2.48. The van der Waals surface area contributed by atoms with Gasteiger partial charge in [0.1, 0.15) is 0 Å². The molecule has 4 nitrogen and oxygen atoms in total. The molecule has 1 aromatic carbocycles. The molecule has 1 aliphatic heterocycles. The van der Waals surface area contributed by atoms with Crippen LogP contribution in [-0.2, 0) is 20.7 Å². The normalized spacial score (nSPS) is 25.5. The van der Waals surface area contributed by atoms with Gasteiger partial charge in [-0.25, -0.2) is 0 Å². The first-order chi connectivity index (χ1) is 11.9. The molecule has 1 spiro atoms. The standard InChI is InChI=1S/C21H30O4/c1-20(2,19(22)23)12-8-11-17-18(15-16-9-4-3-5-10-16)25-21(24-17)13-6-7-14-21/h3-5,9-10,17-18H,6-8,11-15H2,1-2H3,(H,22,23)/t17-,18-/m0/s1. The lowest BCUT2D eigenvalue weighted by Crippen LogP contribution is -2.27. The van der Waals surface area contributed by atoms with E-state index in [1.54, 1.807) is 13.8 Å². The fourth-order valence-electron chi connectivity index (χ4n) is 4.00. The molecule has 2 atom stereocenters. The van der Waals surface area contributed by atoms with E-state index in [1.165, 1.54) is 5.56 Å². The average Bonchev–Trinajstić information content (AvgIpc) is 3.15. The number of hydrogen-bond donors (Lipinski definition) is 1. The van der Waals surface area contributed by atoms with Crippen LogP contribution in [0.1, 0.15) is 64.4 Å². The van der Waals surface area contributed by atoms with Gasteiger partial charge in [-0.15, -0.1) is 0 Å². The molecule has 1 saturated heterocycles. The zero-order chi connectivity index (χ0) is 17.9. The van der Waals surface area contributed by atoms with Crippen LogP contribution in [0.3, 0.4) is 0 Å². The van der Waals surface area contributed by atoms with Crippen molar-refractivity contribution >= 4 is 5.97 Å². The van der Waals surface area contributed by atoms with Crippen LogP contribution in [0.25, 0.3) is 0 Å². The Labute approximate surface area is 150 Å². The minimum Gasteiger partial charge on any atom is -0.481 e. The monoisotopic (exact) mass is 346 g/mol. The van der Waals surface area contributed by atoms with E-state index >= 15 is 0 Å². The van der Waals surface area contributed by atoms with Gasteiger partial charge in [-0.05, 0) is 51.5 Å². The van der Waals surface area contributed by atoms with Crippen LogP contribution in [0.15, 0.2) is 30.3 Å². The third kappa shape index (κ3) is 4.42. The van der Waals surface area contributed by atoms with Gasteiger partial charge in [0.05, 0.1) is 17.6 Å². The molecule has 0 radical (unpaired) electrons. The molecule has 1 aromatic rings. The Morgan fingerprint density at radius 1 is 1.16 bits per heavy atom. The number of carboxylic acids is 1. The van der Waals surface area contributed by atoms with E-state index in [-0.39, 0.29) is 18.0 Å². The maximum Gasteiger partial charge on any atom is 0.309 e. The number of carbonyl (C=O) groups is 1. The summed E-state index contributed by atoms with van der Waals surface area (Å²) < 4.78 is 12.8. The van der Waals surface area contributed by atoms with Crippen LogP contribution in [0, 0.1) is 5.41 Å². The lowest BCUT2D eigenvalue weighted by atomic mass is 9.86. The first kappa shape index (κ1) is 18.4. The van der Waals surface area contributed by atoms with Crippen molar-refractivity contribution in [3.05, 3.63) is 35.9 Å². The predicted molar refractivity (Wildman–Crippen MR) is 96.4 cm³/mol. The third-order valence-corrected chi connectivity index (χ3v) is 5.66. The quantitative estimate of drug-likeness (QED) is 0.786. The number of hydrogen-bond acceptors (Lipinski definition) is 3. The van der Waals surface area contributed by atoms with Gasteiger partial charge in [-0.1, -0.05) is 30.3 Å². The van der Waals surface area contributed by atoms with E-state index in [0.29, 0.717) is 6.42 Å². The van der Waals surface area contributed by atoms with Crippen molar-refractivity contribution in [1.82, 2.24) is 0 Å². The lowest BCUT2D eigenvalue weighted by Gasteiger charge is -2.22. The van der Waals surface area contributed by atoms with Crippen LogP contribution < -0.4 is 0 Å². The molecular weight excluding hydrogens is 316 g/mol. The van der Waals surface area contributed by atoms with E-state index in [4.69, 9.17) is 9.47 Å². The Morgan fingerprint density at radius 2 is 1.80 bits per heavy atom. The summed E-state index contributed by atoms with van der Waals surface area (Å²) in [5.41, 5.74) is 0.585. The van der Waals surface area contributed by atoms with Gasteiger partial charge >= 0.3 is 5.97 Å². The zero-order valence-corrected chi connectivity index (χ0v) is 15.4. The minimum atomic E-state index is -0.732. The van der Waals surface area contributed by atoms with E-state index < -0.39 is 11.4 Å². The molecule has 3 rings (SSSR count). The second kappa shape index (κ2) is 7.46. The second-order valence-corrected chi connectivity index (χ2v) is 8.20. The zero-order valence-electron chi connectivity index (χ0n) is 15.4. The molecule has 138 valence electrons. The maximum absolute atomic E-state index is 11.3. The van der Waals surface area contributed by atoms with Crippen molar-refractivity contribution in [2.24, 2.45) is 5.41 Å². The SMILES string of the molecule is CC(C)(CCC[C@@H]1OC2(CCCC2)O[C@H]1Cc1ccccc1)C(=O)O. The molecule has 4 heteroatoms. The van der Waals surface area contributed by atoms with E-state index in [0.717, 1.165) is 44.9 Å². The first-order valence-electron chi connectivity index (χ1n) is 9.53. The van der Waals surface area contributed by atoms with Crippen molar-refractivity contribution in [2.75, 3.05) is 0 Å². The van der Waals surface area contributed by atoms with E-state index in [1.807, 2.05) is 6.07 Å². The number of ether oxygens (including phenoxy) is 2. The average molecular weight is 346 g/mol. The third-order valence-electron chi connectivity index (χ3n) is 5.66. The van der Waals surface area contributed by atoms with Crippen LogP contribution in [0.2, 0.25) is 0 Å². The van der Waals surface area contributed by atoms with Gasteiger partial charge in [-0.3, -0.25) is 4.79 Å². The molecule has 1 heterocycles. The molecule has 2 aliphatic rings. The van der Waals surface area contributed by atoms with Gasteiger partial charge in [0.15, 0.2) is 5.79 Å². The van der Waals surface area contributed by atoms with Gasteiger partial charge in [0.25, 0.3) is 0 Å². The van der Waals surface area contributed by atoms with Gasteiger partial charge in [0, 0.05) is 19.3 Å². The second-order valence-electron chi connectivity index (χ2n) is 8.20. The Morgan fingerprint density at radius 3 is 2.44 bits per heavy atom. The maximum atomic E-state index is 11.3. The molecule has 2 fully saturated rings. The summed E-state index contributed by atoms with van der Waals surface area (Å²) in [6.45, 7) is 3.59. The summed E-state index contributed by atoms with van der Waals surface area (Å²) in [6.07, 6.45) is 7.63. The number of rotatable bonds is 7. The van der Waals surface area contributed by atoms with Crippen molar-refractivity contribution in [3.8, 4) is 0 Å². The lowest BCUT2D eigenvalue weighted by molar-refractivity contribution is -0.169. The van der Waals surface area contributed by atoms with Crippen molar-refractivity contribution in [1.29, 1.82) is 0 Å². The highest BCUT2D eigenvalue weighted by Crippen LogP contribution is 2.44. The van der Waals surface area contributed by atoms with Crippen LogP contribution in [0.4, 0.5) is 0 Å². The summed E-state index contributed by atoms with van der Waals surface area (Å²) in [7, 11) is 0. The number of aliphatic carboxylic acids is 1. The minimum absolute atomic E-state index is 0.0582. The van der Waals surface area contributed by atoms with Crippen molar-refractivity contribution in [3.63, 3.8) is 0 Å². The molecule has 0 amide bonds. The Bertz CT molecular complexity index is 575. The van der Waals surface area contributed by atoms with Crippen LogP contribution in [-0.4, -0.2) is 29.1 Å². The van der Waals surface area contributed by atoms with E-state index in [2.05, 4.69) is 24.3 Å². The molecule has 1 saturated carbocycles. The summed E-state index contributed by atoms with van der Waals surface area (Å²) >= 11 is 0. The molecule has 0 bridgehead atoms. The Balaban J connectivity index is 1.63. The van der Waals surface area contributed by atoms with Crippen molar-refractivity contribution < 1.29 is 19.4 Å². The topological polar surface area (TPSA) is 55.8 Å². The Hall–Kier alpha value is -1.39. The Kier molecular flexibility index (Phi) is 5.49. The first-order valence-corrected chi connectivity index (χ1v) is 9.53. The molecular formula is C21H30O4. The van der Waals surface area contributed by atoms with Crippen molar-refractivity contribution in [2.45, 2.75) is 83.2 Å². The summed E-state index contributed by atoms with van der Waals surface area (Å²) in [5.74, 6) is -1.11. The number of carboxylic acid groups (broad SMARTS) is 1. The molecule has 25 heavy (non-hydrogen) atoms. The fraction of sp³-hybridized carbons (Fsp3) is 0.667. The predicted octanol–water partition coefficient (Wildman–Crippen LogP) is 4.56. The molecule has 1 N–H and O–H groups in total. The largest absolute Gasteiger partial charge is 0.481 e. The summed E-state index contributed by atoms with van der Waals surface area (Å²) in [6, 6.07) is 10.4. The molecule has 1 aliphatic carbocycles. The summed E-state index contributed by atoms with van der Waals surface area (Å²) in [5, 5.41) is 9.29. The highest BCUT2D eigenvalue weighted by molar-refractivity contribution is 5.73. The highest BCUT2D eigenvalue weighted by atomic mass is 16.8. The number of benzene rings is 1.